The van der Waals surface area contributed by atoms with Gasteiger partial charge in [0.1, 0.15) is 0 Å². The van der Waals surface area contributed by atoms with Crippen molar-refractivity contribution in [2.24, 2.45) is 17.6 Å². The van der Waals surface area contributed by atoms with Gasteiger partial charge in [-0.05, 0) is 55.4 Å². The number of carbonyl (C=O) groups excluding carboxylic acids is 2. The second-order valence-corrected chi connectivity index (χ2v) is 5.52. The zero-order chi connectivity index (χ0) is 13.4. The molecule has 2 atom stereocenters. The molecule has 19 heavy (non-hydrogen) atoms. The quantitative estimate of drug-likeness (QED) is 0.864. The minimum atomic E-state index is -0.361. The Kier molecular flexibility index (Phi) is 3.01. The summed E-state index contributed by atoms with van der Waals surface area (Å²) in [6.45, 7) is 0. The summed E-state index contributed by atoms with van der Waals surface area (Å²) in [6.07, 6.45) is 4.91. The minimum absolute atomic E-state index is 0.0759. The Morgan fingerprint density at radius 1 is 1.11 bits per heavy atom. The van der Waals surface area contributed by atoms with Crippen LogP contribution in [0.5, 0.6) is 0 Å². The molecule has 2 amide bonds. The van der Waals surface area contributed by atoms with E-state index >= 15 is 0 Å². The van der Waals surface area contributed by atoms with Crippen molar-refractivity contribution in [2.75, 3.05) is 5.32 Å². The Labute approximate surface area is 112 Å². The van der Waals surface area contributed by atoms with Crippen LogP contribution in [0, 0.1) is 11.8 Å². The van der Waals surface area contributed by atoms with E-state index in [1.807, 2.05) is 6.07 Å². The van der Waals surface area contributed by atoms with Crippen LogP contribution in [0.1, 0.15) is 30.4 Å². The molecule has 2 aliphatic rings. The number of benzene rings is 1. The number of amides is 2. The maximum absolute atomic E-state index is 12.1. The number of hydrogen-bond donors (Lipinski definition) is 2. The van der Waals surface area contributed by atoms with Gasteiger partial charge in [-0.1, -0.05) is 6.07 Å². The highest BCUT2D eigenvalue weighted by atomic mass is 16.2. The molecule has 0 aliphatic heterocycles. The average molecular weight is 258 g/mol. The fourth-order valence-corrected chi connectivity index (χ4v) is 3.04. The van der Waals surface area contributed by atoms with E-state index in [2.05, 4.69) is 17.4 Å². The lowest BCUT2D eigenvalue weighted by atomic mass is 9.72. The molecular weight excluding hydrogens is 240 g/mol. The van der Waals surface area contributed by atoms with Gasteiger partial charge in [0, 0.05) is 17.5 Å². The smallest absolute Gasteiger partial charge is 0.228 e. The first-order chi connectivity index (χ1) is 9.15. The summed E-state index contributed by atoms with van der Waals surface area (Å²) in [4.78, 5) is 23.2. The van der Waals surface area contributed by atoms with Crippen LogP contribution in [-0.4, -0.2) is 11.8 Å². The van der Waals surface area contributed by atoms with E-state index in [4.69, 9.17) is 5.73 Å². The van der Waals surface area contributed by atoms with Crippen molar-refractivity contribution in [1.29, 1.82) is 0 Å². The van der Waals surface area contributed by atoms with E-state index in [0.717, 1.165) is 31.4 Å². The first-order valence-corrected chi connectivity index (χ1v) is 6.87. The summed E-state index contributed by atoms with van der Waals surface area (Å²) >= 11 is 0. The van der Waals surface area contributed by atoms with Crippen LogP contribution in [0.3, 0.4) is 0 Å². The van der Waals surface area contributed by atoms with E-state index in [0.29, 0.717) is 0 Å². The molecule has 0 heterocycles. The Balaban J connectivity index is 1.68. The van der Waals surface area contributed by atoms with E-state index in [9.17, 15) is 9.59 Å². The Morgan fingerprint density at radius 3 is 2.53 bits per heavy atom. The molecule has 4 nitrogen and oxygen atoms in total. The number of aryl methyl sites for hydroxylation is 2. The monoisotopic (exact) mass is 258 g/mol. The molecule has 3 N–H and O–H groups in total. The third-order valence-corrected chi connectivity index (χ3v) is 4.34. The Bertz CT molecular complexity index is 539. The molecule has 0 unspecified atom stereocenters. The van der Waals surface area contributed by atoms with Crippen molar-refractivity contribution in [3.05, 3.63) is 29.3 Å². The number of carbonyl (C=O) groups is 2. The van der Waals surface area contributed by atoms with Crippen LogP contribution in [0.4, 0.5) is 5.69 Å². The van der Waals surface area contributed by atoms with Gasteiger partial charge >= 0.3 is 0 Å². The van der Waals surface area contributed by atoms with E-state index in [1.165, 1.54) is 17.5 Å². The second-order valence-electron chi connectivity index (χ2n) is 5.52. The topological polar surface area (TPSA) is 72.2 Å². The number of primary amides is 1. The first kappa shape index (κ1) is 12.2. The summed E-state index contributed by atoms with van der Waals surface area (Å²) in [5, 5.41) is 2.91. The molecule has 4 heteroatoms. The lowest BCUT2D eigenvalue weighted by Crippen LogP contribution is -2.43. The van der Waals surface area contributed by atoms with Crippen molar-refractivity contribution in [3.63, 3.8) is 0 Å². The predicted molar refractivity (Wildman–Crippen MR) is 72.5 cm³/mol. The number of rotatable bonds is 3. The SMILES string of the molecule is NC(=O)[C@H]1CC[C@H]1C(=O)Nc1ccc2c(c1)CCC2. The van der Waals surface area contributed by atoms with Crippen LogP contribution >= 0.6 is 0 Å². The van der Waals surface area contributed by atoms with Gasteiger partial charge in [0.05, 0.1) is 0 Å². The summed E-state index contributed by atoms with van der Waals surface area (Å²) in [7, 11) is 0. The van der Waals surface area contributed by atoms with Crippen LogP contribution in [0.2, 0.25) is 0 Å². The van der Waals surface area contributed by atoms with Crippen molar-refractivity contribution < 1.29 is 9.59 Å². The zero-order valence-corrected chi connectivity index (χ0v) is 10.8. The van der Waals surface area contributed by atoms with Gasteiger partial charge in [-0.25, -0.2) is 0 Å². The predicted octanol–water partition coefficient (Wildman–Crippen LogP) is 1.63. The number of fused-ring (bicyclic) bond motifs is 1. The molecule has 1 fully saturated rings. The van der Waals surface area contributed by atoms with Gasteiger partial charge in [0.15, 0.2) is 0 Å². The molecule has 0 aromatic heterocycles. The van der Waals surface area contributed by atoms with E-state index < -0.39 is 0 Å². The molecular formula is C15H18N2O2. The molecule has 100 valence electrons. The summed E-state index contributed by atoms with van der Waals surface area (Å²) in [5.41, 5.74) is 8.83. The molecule has 0 bridgehead atoms. The van der Waals surface area contributed by atoms with Crippen LogP contribution in [0.15, 0.2) is 18.2 Å². The van der Waals surface area contributed by atoms with Gasteiger partial charge in [-0.3, -0.25) is 9.59 Å². The largest absolute Gasteiger partial charge is 0.369 e. The molecule has 2 aliphatic carbocycles. The highest BCUT2D eigenvalue weighted by Crippen LogP contribution is 2.35. The molecule has 0 saturated heterocycles. The molecule has 0 spiro atoms. The van der Waals surface area contributed by atoms with Crippen molar-refractivity contribution in [1.82, 2.24) is 0 Å². The maximum atomic E-state index is 12.1. The van der Waals surface area contributed by atoms with Crippen LogP contribution in [-0.2, 0) is 22.4 Å². The van der Waals surface area contributed by atoms with Crippen molar-refractivity contribution in [2.45, 2.75) is 32.1 Å². The lowest BCUT2D eigenvalue weighted by molar-refractivity contribution is -0.135. The third-order valence-electron chi connectivity index (χ3n) is 4.34. The lowest BCUT2D eigenvalue weighted by Gasteiger charge is -2.32. The molecule has 0 radical (unpaired) electrons. The highest BCUT2D eigenvalue weighted by molar-refractivity contribution is 5.97. The fourth-order valence-electron chi connectivity index (χ4n) is 3.04. The van der Waals surface area contributed by atoms with Crippen molar-refractivity contribution in [3.8, 4) is 0 Å². The van der Waals surface area contributed by atoms with Gasteiger partial charge in [0.2, 0.25) is 11.8 Å². The van der Waals surface area contributed by atoms with Gasteiger partial charge < -0.3 is 11.1 Å². The number of nitrogens with two attached hydrogens (primary N) is 1. The second kappa shape index (κ2) is 4.68. The van der Waals surface area contributed by atoms with E-state index in [-0.39, 0.29) is 23.7 Å². The average Bonchev–Trinajstić information content (AvgIpc) is 2.73. The number of hydrogen-bond acceptors (Lipinski definition) is 2. The summed E-state index contributed by atoms with van der Waals surface area (Å²) in [5.74, 6) is -0.964. The molecule has 1 aromatic rings. The standard InChI is InChI=1S/C15H18N2O2/c16-14(18)12-6-7-13(12)15(19)17-11-5-4-9-2-1-3-10(9)8-11/h4-5,8,12-13H,1-3,6-7H2,(H2,16,18)(H,17,19)/t12-,13+/m0/s1. The van der Waals surface area contributed by atoms with Crippen molar-refractivity contribution >= 4 is 17.5 Å². The molecule has 3 rings (SSSR count). The first-order valence-electron chi connectivity index (χ1n) is 6.87. The highest BCUT2D eigenvalue weighted by Gasteiger charge is 2.40. The number of nitrogens with one attached hydrogen (secondary N) is 1. The van der Waals surface area contributed by atoms with Gasteiger partial charge in [-0.15, -0.1) is 0 Å². The zero-order valence-electron chi connectivity index (χ0n) is 10.8. The minimum Gasteiger partial charge on any atom is -0.369 e. The number of anilines is 1. The Morgan fingerprint density at radius 2 is 1.84 bits per heavy atom. The Hall–Kier alpha value is -1.84. The van der Waals surface area contributed by atoms with Gasteiger partial charge in [0.25, 0.3) is 0 Å². The normalized spacial score (nSPS) is 24.4. The third kappa shape index (κ3) is 2.23. The fraction of sp³-hybridized carbons (Fsp3) is 0.467. The summed E-state index contributed by atoms with van der Waals surface area (Å²) < 4.78 is 0. The molecule has 1 saturated carbocycles. The van der Waals surface area contributed by atoms with Gasteiger partial charge in [-0.2, -0.15) is 0 Å². The summed E-state index contributed by atoms with van der Waals surface area (Å²) in [6, 6.07) is 6.09. The van der Waals surface area contributed by atoms with E-state index in [1.54, 1.807) is 0 Å². The van der Waals surface area contributed by atoms with Crippen LogP contribution < -0.4 is 11.1 Å². The maximum Gasteiger partial charge on any atom is 0.228 e. The van der Waals surface area contributed by atoms with Crippen LogP contribution in [0.25, 0.3) is 0 Å². The molecule has 1 aromatic carbocycles.